The first-order chi connectivity index (χ1) is 18.6. The van der Waals surface area contributed by atoms with Crippen molar-refractivity contribution in [3.8, 4) is 17.0 Å². The van der Waals surface area contributed by atoms with Gasteiger partial charge < -0.3 is 14.8 Å². The van der Waals surface area contributed by atoms with E-state index in [0.717, 1.165) is 6.20 Å². The van der Waals surface area contributed by atoms with Crippen LogP contribution in [0, 0.1) is 5.82 Å². The predicted octanol–water partition coefficient (Wildman–Crippen LogP) is 3.39. The lowest BCUT2D eigenvalue weighted by Crippen LogP contribution is -2.48. The number of methoxy groups -OCH3 is 1. The van der Waals surface area contributed by atoms with Crippen LogP contribution in [-0.4, -0.2) is 91.8 Å². The summed E-state index contributed by atoms with van der Waals surface area (Å²) in [7, 11) is 1.34. The molecule has 10 nitrogen and oxygen atoms in total. The zero-order valence-electron chi connectivity index (χ0n) is 20.6. The van der Waals surface area contributed by atoms with Crippen LogP contribution in [-0.2, 0) is 4.74 Å². The van der Waals surface area contributed by atoms with Gasteiger partial charge in [-0.2, -0.15) is 4.98 Å². The average Bonchev–Trinajstić information content (AvgIpc) is 3.47. The molecule has 1 aliphatic carbocycles. The smallest absolute Gasteiger partial charge is 0.281 e. The largest absolute Gasteiger partial charge is 0.479 e. The third kappa shape index (κ3) is 3.97. The molecular weight excluding hydrogens is 527 g/mol. The number of aromatic nitrogens is 6. The van der Waals surface area contributed by atoms with E-state index in [1.165, 1.54) is 16.3 Å². The lowest BCUT2D eigenvalue weighted by molar-refractivity contribution is -0.106. The second kappa shape index (κ2) is 8.45. The highest BCUT2D eigenvalue weighted by atomic mass is 19.3. The summed E-state index contributed by atoms with van der Waals surface area (Å²) in [4.78, 5) is 5.94. The van der Waals surface area contributed by atoms with Crippen LogP contribution in [0.2, 0.25) is 0 Å². The number of nitrogens with zero attached hydrogens (tertiary/aromatic N) is 7. The molecule has 3 aliphatic rings. The van der Waals surface area contributed by atoms with E-state index in [4.69, 9.17) is 9.47 Å². The van der Waals surface area contributed by atoms with E-state index in [9.17, 15) is 17.6 Å². The maximum absolute atomic E-state index is 15.4. The molecular formula is C24H23F5N8O2. The zero-order chi connectivity index (χ0) is 27.1. The van der Waals surface area contributed by atoms with E-state index in [1.54, 1.807) is 23.1 Å². The summed E-state index contributed by atoms with van der Waals surface area (Å²) < 4.78 is 85.0. The topological polar surface area (TPSA) is 94.6 Å². The Hall–Kier alpha value is -3.59. The third-order valence-corrected chi connectivity index (χ3v) is 7.70. The summed E-state index contributed by atoms with van der Waals surface area (Å²) in [5, 5.41) is 15.0. The maximum atomic E-state index is 15.4. The molecule has 7 rings (SSSR count). The number of likely N-dealkylation sites (tertiary alicyclic amines) is 1. The average molecular weight is 550 g/mol. The van der Waals surface area contributed by atoms with Gasteiger partial charge in [0.25, 0.3) is 11.8 Å². The van der Waals surface area contributed by atoms with Crippen LogP contribution >= 0.6 is 0 Å². The van der Waals surface area contributed by atoms with Gasteiger partial charge in [-0.3, -0.25) is 4.90 Å². The van der Waals surface area contributed by atoms with Gasteiger partial charge in [0, 0.05) is 19.4 Å². The van der Waals surface area contributed by atoms with Crippen LogP contribution in [0.1, 0.15) is 18.9 Å². The van der Waals surface area contributed by atoms with Gasteiger partial charge >= 0.3 is 0 Å². The summed E-state index contributed by atoms with van der Waals surface area (Å²) in [6.45, 7) is 0.498. The second-order valence-corrected chi connectivity index (χ2v) is 10.3. The van der Waals surface area contributed by atoms with Crippen molar-refractivity contribution in [1.29, 1.82) is 0 Å². The number of halogens is 5. The van der Waals surface area contributed by atoms with E-state index in [2.05, 4.69) is 25.7 Å². The quantitative estimate of drug-likeness (QED) is 0.366. The second-order valence-electron chi connectivity index (χ2n) is 10.3. The van der Waals surface area contributed by atoms with Crippen molar-refractivity contribution < 1.29 is 31.4 Å². The molecule has 5 heterocycles. The van der Waals surface area contributed by atoms with Gasteiger partial charge in [0.05, 0.1) is 56.2 Å². The first-order valence-electron chi connectivity index (χ1n) is 12.4. The molecule has 3 aromatic heterocycles. The monoisotopic (exact) mass is 550 g/mol. The molecule has 4 aromatic rings. The fourth-order valence-electron chi connectivity index (χ4n) is 5.50. The Kier molecular flexibility index (Phi) is 5.30. The summed E-state index contributed by atoms with van der Waals surface area (Å²) in [6.07, 6.45) is 0.419. The van der Waals surface area contributed by atoms with Crippen LogP contribution in [0.5, 0.6) is 5.88 Å². The van der Waals surface area contributed by atoms with Gasteiger partial charge in [0.2, 0.25) is 11.8 Å². The molecule has 0 spiro atoms. The van der Waals surface area contributed by atoms with E-state index in [0.29, 0.717) is 29.8 Å². The number of alkyl halides is 4. The number of rotatable bonds is 6. The molecule has 0 amide bonds. The first kappa shape index (κ1) is 24.5. The molecule has 1 saturated carbocycles. The number of hydrogen-bond acceptors (Lipinski definition) is 8. The lowest BCUT2D eigenvalue weighted by atomic mass is 9.88. The fraction of sp³-hybridized carbons (Fsp3) is 0.500. The van der Waals surface area contributed by atoms with Crippen molar-refractivity contribution in [3.05, 3.63) is 30.2 Å². The van der Waals surface area contributed by atoms with Gasteiger partial charge in [0.1, 0.15) is 17.1 Å². The first-order valence-corrected chi connectivity index (χ1v) is 12.4. The number of ether oxygens (including phenoxy) is 2. The number of fused-ring (bicyclic) bond motifs is 2. The van der Waals surface area contributed by atoms with E-state index in [-0.39, 0.29) is 48.3 Å². The summed E-state index contributed by atoms with van der Waals surface area (Å²) in [6, 6.07) is 3.05. The molecule has 2 saturated heterocycles. The third-order valence-electron chi connectivity index (χ3n) is 7.70. The van der Waals surface area contributed by atoms with Crippen molar-refractivity contribution >= 4 is 22.5 Å². The highest BCUT2D eigenvalue weighted by Crippen LogP contribution is 2.46. The van der Waals surface area contributed by atoms with Crippen LogP contribution in [0.3, 0.4) is 0 Å². The van der Waals surface area contributed by atoms with Crippen molar-refractivity contribution in [2.75, 3.05) is 38.7 Å². The van der Waals surface area contributed by atoms with Gasteiger partial charge in [-0.15, -0.1) is 10.2 Å². The normalized spacial score (nSPS) is 23.3. The molecule has 2 aliphatic heterocycles. The van der Waals surface area contributed by atoms with Crippen molar-refractivity contribution in [2.24, 2.45) is 0 Å². The molecule has 39 heavy (non-hydrogen) atoms. The highest BCUT2D eigenvalue weighted by Gasteiger charge is 2.51. The Bertz CT molecular complexity index is 1580. The van der Waals surface area contributed by atoms with E-state index < -0.39 is 36.3 Å². The Morgan fingerprint density at radius 3 is 2.62 bits per heavy atom. The molecule has 1 atom stereocenters. The van der Waals surface area contributed by atoms with Crippen molar-refractivity contribution in [1.82, 2.24) is 34.5 Å². The summed E-state index contributed by atoms with van der Waals surface area (Å²) >= 11 is 0. The molecule has 206 valence electrons. The maximum Gasteiger partial charge on any atom is 0.281 e. The van der Waals surface area contributed by atoms with Gasteiger partial charge in [-0.1, -0.05) is 11.3 Å². The van der Waals surface area contributed by atoms with Gasteiger partial charge in [-0.25, -0.2) is 31.1 Å². The number of hydrogen-bond donors (Lipinski definition) is 1. The van der Waals surface area contributed by atoms with Gasteiger partial charge in [0.15, 0.2) is 5.82 Å². The van der Waals surface area contributed by atoms with Crippen molar-refractivity contribution in [2.45, 2.75) is 42.8 Å². The van der Waals surface area contributed by atoms with Crippen LogP contribution < -0.4 is 10.1 Å². The minimum Gasteiger partial charge on any atom is -0.479 e. The number of nitrogens with one attached hydrogen (secondary N) is 1. The van der Waals surface area contributed by atoms with Crippen LogP contribution in [0.25, 0.3) is 27.7 Å². The molecule has 0 unspecified atom stereocenters. The van der Waals surface area contributed by atoms with Crippen molar-refractivity contribution in [3.63, 3.8) is 0 Å². The fourth-order valence-corrected chi connectivity index (χ4v) is 5.50. The SMILES string of the molecule is COc1nc(N[C@@H]2CN(C3COC3)CC2(F)F)nn2cc(F)c(-c3ccc4nnn(C5CC(F)(F)C5)c4c3)c12. The summed E-state index contributed by atoms with van der Waals surface area (Å²) in [5.41, 5.74) is 1.65. The minimum atomic E-state index is -3.04. The molecule has 15 heteroatoms. The Morgan fingerprint density at radius 2 is 1.92 bits per heavy atom. The van der Waals surface area contributed by atoms with Crippen LogP contribution in [0.4, 0.5) is 27.9 Å². The number of anilines is 1. The Morgan fingerprint density at radius 1 is 1.13 bits per heavy atom. The Labute approximate surface area is 217 Å². The minimum absolute atomic E-state index is 0.0256. The standard InChI is InChI=1S/C24H23F5N8O2/c1-38-21-20-19(12-2-3-16-17(4-12)37(34-32-16)13-5-23(26,27)6-13)15(25)7-36(20)33-22(31-21)30-18-8-35(11-24(18,28)29)14-9-39-10-14/h2-4,7,13-14,18H,5-6,8-11H2,1H3,(H,30,33)/t18-/m1/s1. The highest BCUT2D eigenvalue weighted by molar-refractivity contribution is 5.89. The number of benzene rings is 1. The summed E-state index contributed by atoms with van der Waals surface area (Å²) in [5.74, 6) is -6.60. The molecule has 3 fully saturated rings. The van der Waals surface area contributed by atoms with E-state index >= 15 is 4.39 Å². The lowest BCUT2D eigenvalue weighted by Gasteiger charge is -2.34. The zero-order valence-corrected chi connectivity index (χ0v) is 20.6. The molecule has 0 bridgehead atoms. The Balaban J connectivity index is 1.23. The van der Waals surface area contributed by atoms with Crippen LogP contribution in [0.15, 0.2) is 24.4 Å². The molecule has 1 aromatic carbocycles. The van der Waals surface area contributed by atoms with E-state index in [1.807, 2.05) is 0 Å². The molecule has 1 N–H and O–H groups in total. The predicted molar refractivity (Wildman–Crippen MR) is 128 cm³/mol. The molecule has 0 radical (unpaired) electrons. The van der Waals surface area contributed by atoms with Gasteiger partial charge in [-0.05, 0) is 17.7 Å².